The molecule has 1 saturated heterocycles. The number of rotatable bonds is 5. The Morgan fingerprint density at radius 2 is 2.10 bits per heavy atom. The van der Waals surface area contributed by atoms with Crippen molar-refractivity contribution in [1.29, 1.82) is 0 Å². The van der Waals surface area contributed by atoms with E-state index >= 15 is 0 Å². The zero-order valence-corrected chi connectivity index (χ0v) is 12.8. The molecule has 120 valence electrons. The van der Waals surface area contributed by atoms with E-state index in [0.29, 0.717) is 25.8 Å². The Morgan fingerprint density at radius 1 is 1.43 bits per heavy atom. The molecule has 0 aromatic carbocycles. The summed E-state index contributed by atoms with van der Waals surface area (Å²) in [7, 11) is 1.32. The molecule has 1 aliphatic heterocycles. The Balaban J connectivity index is 2.65. The van der Waals surface area contributed by atoms with E-state index in [9.17, 15) is 19.5 Å². The molecule has 2 N–H and O–H groups in total. The van der Waals surface area contributed by atoms with E-state index in [2.05, 4.69) is 5.32 Å². The van der Waals surface area contributed by atoms with Crippen LogP contribution in [-0.4, -0.2) is 54.2 Å². The number of amides is 2. The predicted molar refractivity (Wildman–Crippen MR) is 75.7 cm³/mol. The zero-order chi connectivity index (χ0) is 16.0. The number of hydrogen-bond donors (Lipinski definition) is 2. The van der Waals surface area contributed by atoms with Crippen molar-refractivity contribution in [3.8, 4) is 0 Å². The summed E-state index contributed by atoms with van der Waals surface area (Å²) in [5, 5.41) is 11.7. The smallest absolute Gasteiger partial charge is 0.326 e. The third kappa shape index (κ3) is 4.61. The number of carboxylic acids is 1. The van der Waals surface area contributed by atoms with Crippen molar-refractivity contribution < 1.29 is 24.2 Å². The van der Waals surface area contributed by atoms with Gasteiger partial charge in [0.1, 0.15) is 6.04 Å². The molecule has 0 bridgehead atoms. The standard InChI is InChI=1S/C14H24N2O5/c1-4-9(2)11(12(17)18)15-14(20)16-7-5-6-10(8-16)13(19)21-3/h9-11H,4-8H2,1-3H3,(H,15,20)(H,17,18)/t9-,10?,11-/m0/s1. The summed E-state index contributed by atoms with van der Waals surface area (Å²) in [6.07, 6.45) is 2.04. The van der Waals surface area contributed by atoms with Crippen LogP contribution in [0.25, 0.3) is 0 Å². The molecule has 21 heavy (non-hydrogen) atoms. The van der Waals surface area contributed by atoms with Crippen molar-refractivity contribution >= 4 is 18.0 Å². The van der Waals surface area contributed by atoms with Crippen molar-refractivity contribution in [2.24, 2.45) is 11.8 Å². The topological polar surface area (TPSA) is 95.9 Å². The summed E-state index contributed by atoms with van der Waals surface area (Å²) in [6, 6.07) is -1.35. The summed E-state index contributed by atoms with van der Waals surface area (Å²) >= 11 is 0. The van der Waals surface area contributed by atoms with E-state index in [1.165, 1.54) is 12.0 Å². The second-order valence-corrected chi connectivity index (χ2v) is 5.46. The monoisotopic (exact) mass is 300 g/mol. The van der Waals surface area contributed by atoms with Crippen LogP contribution in [0.5, 0.6) is 0 Å². The zero-order valence-electron chi connectivity index (χ0n) is 12.8. The lowest BCUT2D eigenvalue weighted by Gasteiger charge is -2.33. The number of nitrogens with one attached hydrogen (secondary N) is 1. The quantitative estimate of drug-likeness (QED) is 0.741. The number of ether oxygens (including phenoxy) is 1. The molecule has 0 saturated carbocycles. The number of nitrogens with zero attached hydrogens (tertiary/aromatic N) is 1. The highest BCUT2D eigenvalue weighted by Gasteiger charge is 2.32. The Labute approximate surface area is 124 Å². The highest BCUT2D eigenvalue weighted by atomic mass is 16.5. The highest BCUT2D eigenvalue weighted by Crippen LogP contribution is 2.18. The lowest BCUT2D eigenvalue weighted by atomic mass is 9.98. The van der Waals surface area contributed by atoms with Crippen molar-refractivity contribution in [1.82, 2.24) is 10.2 Å². The molecule has 1 heterocycles. The summed E-state index contributed by atoms with van der Waals surface area (Å²) in [5.41, 5.74) is 0. The van der Waals surface area contributed by atoms with Crippen LogP contribution in [0.15, 0.2) is 0 Å². The van der Waals surface area contributed by atoms with E-state index in [-0.39, 0.29) is 24.3 Å². The maximum absolute atomic E-state index is 12.2. The number of piperidine rings is 1. The van der Waals surface area contributed by atoms with Gasteiger partial charge in [0.15, 0.2) is 0 Å². The van der Waals surface area contributed by atoms with Gasteiger partial charge in [-0.3, -0.25) is 4.79 Å². The molecular weight excluding hydrogens is 276 g/mol. The second kappa shape index (κ2) is 7.85. The van der Waals surface area contributed by atoms with E-state index in [1.807, 2.05) is 6.92 Å². The minimum Gasteiger partial charge on any atom is -0.480 e. The molecule has 1 aliphatic rings. The van der Waals surface area contributed by atoms with Gasteiger partial charge in [0.2, 0.25) is 0 Å². The van der Waals surface area contributed by atoms with Crippen molar-refractivity contribution in [3.05, 3.63) is 0 Å². The van der Waals surface area contributed by atoms with Gasteiger partial charge in [0, 0.05) is 13.1 Å². The van der Waals surface area contributed by atoms with E-state index < -0.39 is 18.0 Å². The van der Waals surface area contributed by atoms with E-state index in [1.54, 1.807) is 6.92 Å². The van der Waals surface area contributed by atoms with E-state index in [0.717, 1.165) is 0 Å². The number of methoxy groups -OCH3 is 1. The Hall–Kier alpha value is -1.79. The number of hydrogen-bond acceptors (Lipinski definition) is 4. The fourth-order valence-electron chi connectivity index (χ4n) is 2.43. The first-order valence-electron chi connectivity index (χ1n) is 7.26. The number of esters is 1. The number of carbonyl (C=O) groups excluding carboxylic acids is 2. The number of carbonyl (C=O) groups is 3. The largest absolute Gasteiger partial charge is 0.480 e. The minimum atomic E-state index is -1.04. The molecule has 0 aromatic heterocycles. The molecule has 1 fully saturated rings. The maximum Gasteiger partial charge on any atom is 0.326 e. The van der Waals surface area contributed by atoms with Crippen LogP contribution in [0.3, 0.4) is 0 Å². The van der Waals surface area contributed by atoms with Gasteiger partial charge in [0.05, 0.1) is 13.0 Å². The predicted octanol–water partition coefficient (Wildman–Crippen LogP) is 1.08. The van der Waals surface area contributed by atoms with Gasteiger partial charge in [-0.15, -0.1) is 0 Å². The number of urea groups is 1. The van der Waals surface area contributed by atoms with Crippen molar-refractivity contribution in [2.45, 2.75) is 39.2 Å². The molecule has 0 spiro atoms. The average Bonchev–Trinajstić information content (AvgIpc) is 2.50. The molecule has 1 rings (SSSR count). The Bertz CT molecular complexity index is 399. The molecule has 0 aromatic rings. The number of aliphatic carboxylic acids is 1. The van der Waals surface area contributed by atoms with Gasteiger partial charge in [-0.05, 0) is 18.8 Å². The Morgan fingerprint density at radius 3 is 2.62 bits per heavy atom. The third-order valence-electron chi connectivity index (χ3n) is 4.00. The van der Waals surface area contributed by atoms with Crippen LogP contribution in [-0.2, 0) is 14.3 Å². The fraction of sp³-hybridized carbons (Fsp3) is 0.786. The summed E-state index contributed by atoms with van der Waals surface area (Å²) in [5.74, 6) is -1.86. The molecule has 0 aliphatic carbocycles. The summed E-state index contributed by atoms with van der Waals surface area (Å²) in [6.45, 7) is 4.45. The van der Waals surface area contributed by atoms with Crippen molar-refractivity contribution in [2.75, 3.05) is 20.2 Å². The lowest BCUT2D eigenvalue weighted by Crippen LogP contribution is -2.53. The van der Waals surface area contributed by atoms with Crippen LogP contribution in [0, 0.1) is 11.8 Å². The van der Waals surface area contributed by atoms with Crippen molar-refractivity contribution in [3.63, 3.8) is 0 Å². The Kier molecular flexibility index (Phi) is 6.45. The molecule has 7 heteroatoms. The molecular formula is C14H24N2O5. The van der Waals surface area contributed by atoms with Crippen LogP contribution in [0.4, 0.5) is 4.79 Å². The fourth-order valence-corrected chi connectivity index (χ4v) is 2.43. The molecule has 1 unspecified atom stereocenters. The SMILES string of the molecule is CC[C@H](C)[C@H](NC(=O)N1CCCC(C(=O)OC)C1)C(=O)O. The number of likely N-dealkylation sites (tertiary alicyclic amines) is 1. The highest BCUT2D eigenvalue weighted by molar-refractivity contribution is 5.83. The lowest BCUT2D eigenvalue weighted by molar-refractivity contribution is -0.147. The number of carboxylic acid groups (broad SMARTS) is 1. The first-order chi connectivity index (χ1) is 9.90. The van der Waals surface area contributed by atoms with Crippen LogP contribution in [0.1, 0.15) is 33.1 Å². The van der Waals surface area contributed by atoms with Crippen LogP contribution >= 0.6 is 0 Å². The summed E-state index contributed by atoms with van der Waals surface area (Å²) < 4.78 is 4.70. The molecule has 0 radical (unpaired) electrons. The van der Waals surface area contributed by atoms with Gasteiger partial charge in [-0.1, -0.05) is 20.3 Å². The minimum absolute atomic E-state index is 0.160. The third-order valence-corrected chi connectivity index (χ3v) is 4.00. The second-order valence-electron chi connectivity index (χ2n) is 5.46. The van der Waals surface area contributed by atoms with Gasteiger partial charge >= 0.3 is 18.0 Å². The molecule has 2 amide bonds. The van der Waals surface area contributed by atoms with Crippen LogP contribution < -0.4 is 5.32 Å². The normalized spacial score (nSPS) is 21.3. The average molecular weight is 300 g/mol. The van der Waals surface area contributed by atoms with Gasteiger partial charge in [-0.2, -0.15) is 0 Å². The van der Waals surface area contributed by atoms with Gasteiger partial charge in [-0.25, -0.2) is 9.59 Å². The first kappa shape index (κ1) is 17.3. The molecule has 7 nitrogen and oxygen atoms in total. The van der Waals surface area contributed by atoms with Gasteiger partial charge < -0.3 is 20.1 Å². The molecule has 3 atom stereocenters. The maximum atomic E-state index is 12.2. The first-order valence-corrected chi connectivity index (χ1v) is 7.26. The van der Waals surface area contributed by atoms with E-state index in [4.69, 9.17) is 4.74 Å². The van der Waals surface area contributed by atoms with Gasteiger partial charge in [0.25, 0.3) is 0 Å². The van der Waals surface area contributed by atoms with Crippen LogP contribution in [0.2, 0.25) is 0 Å². The summed E-state index contributed by atoms with van der Waals surface area (Å²) in [4.78, 5) is 36.5.